The highest BCUT2D eigenvalue weighted by Crippen LogP contribution is 2.38. The lowest BCUT2D eigenvalue weighted by atomic mass is 10.1. The number of azo groups is 1. The van der Waals surface area contributed by atoms with Gasteiger partial charge in [0, 0.05) is 10.9 Å². The van der Waals surface area contributed by atoms with E-state index in [0.29, 0.717) is 16.6 Å². The molecule has 0 saturated carbocycles. The van der Waals surface area contributed by atoms with Crippen molar-refractivity contribution in [2.24, 2.45) is 10.2 Å². The SMILES string of the molecule is CCOC(=O)Cn1c(O)c(N=NC(=O)c2cc(-c3ccccc3)n[nH]2)c2ccccc21. The summed E-state index contributed by atoms with van der Waals surface area (Å²) in [6.07, 6.45) is 0. The van der Waals surface area contributed by atoms with Gasteiger partial charge in [-0.15, -0.1) is 10.2 Å². The summed E-state index contributed by atoms with van der Waals surface area (Å²) in [7, 11) is 0. The quantitative estimate of drug-likeness (QED) is 0.359. The normalized spacial score (nSPS) is 11.3. The topological polar surface area (TPSA) is 122 Å². The molecule has 0 bridgehead atoms. The van der Waals surface area contributed by atoms with E-state index in [2.05, 4.69) is 20.4 Å². The lowest BCUT2D eigenvalue weighted by Gasteiger charge is -2.06. The highest BCUT2D eigenvalue weighted by atomic mass is 16.5. The van der Waals surface area contributed by atoms with Gasteiger partial charge in [-0.3, -0.25) is 19.3 Å². The Morgan fingerprint density at radius 1 is 1.13 bits per heavy atom. The van der Waals surface area contributed by atoms with E-state index < -0.39 is 11.9 Å². The van der Waals surface area contributed by atoms with Crippen LogP contribution in [0.4, 0.5) is 5.69 Å². The smallest absolute Gasteiger partial charge is 0.326 e. The number of para-hydroxylation sites is 1. The van der Waals surface area contributed by atoms with Crippen LogP contribution in [0, 0.1) is 0 Å². The zero-order valence-corrected chi connectivity index (χ0v) is 16.6. The predicted octanol–water partition coefficient (Wildman–Crippen LogP) is 4.22. The Bertz CT molecular complexity index is 1270. The number of nitrogens with one attached hydrogen (secondary N) is 1. The van der Waals surface area contributed by atoms with Crippen LogP contribution in [-0.2, 0) is 16.1 Å². The Labute approximate surface area is 177 Å². The van der Waals surface area contributed by atoms with Crippen molar-refractivity contribution >= 4 is 28.5 Å². The first-order valence-corrected chi connectivity index (χ1v) is 9.61. The van der Waals surface area contributed by atoms with E-state index in [-0.39, 0.29) is 30.4 Å². The van der Waals surface area contributed by atoms with Gasteiger partial charge < -0.3 is 9.84 Å². The predicted molar refractivity (Wildman–Crippen MR) is 113 cm³/mol. The molecule has 4 rings (SSSR count). The summed E-state index contributed by atoms with van der Waals surface area (Å²) in [5.41, 5.74) is 2.29. The minimum Gasteiger partial charge on any atom is -0.493 e. The average molecular weight is 417 g/mol. The molecule has 2 aromatic heterocycles. The zero-order chi connectivity index (χ0) is 21.8. The lowest BCUT2D eigenvalue weighted by molar-refractivity contribution is -0.143. The van der Waals surface area contributed by atoms with E-state index >= 15 is 0 Å². The molecule has 4 aromatic rings. The standard InChI is InChI=1S/C22H19N5O4/c1-2-31-19(28)13-27-18-11-7-6-10-15(18)20(22(27)30)25-26-21(29)17-12-16(23-24-17)14-8-4-3-5-9-14/h3-12,30H,2,13H2,1H3,(H,23,24). The van der Waals surface area contributed by atoms with Gasteiger partial charge in [0.05, 0.1) is 17.8 Å². The first kappa shape index (κ1) is 20.0. The maximum Gasteiger partial charge on any atom is 0.326 e. The molecule has 2 N–H and O–H groups in total. The molecule has 2 heterocycles. The molecule has 0 aliphatic rings. The Kier molecular flexibility index (Phi) is 5.57. The van der Waals surface area contributed by atoms with E-state index in [1.165, 1.54) is 4.57 Å². The first-order valence-electron chi connectivity index (χ1n) is 9.61. The monoisotopic (exact) mass is 417 g/mol. The van der Waals surface area contributed by atoms with Crippen molar-refractivity contribution in [1.82, 2.24) is 14.8 Å². The summed E-state index contributed by atoms with van der Waals surface area (Å²) in [4.78, 5) is 24.4. The van der Waals surface area contributed by atoms with Gasteiger partial charge in [0.15, 0.2) is 5.69 Å². The van der Waals surface area contributed by atoms with Crippen LogP contribution < -0.4 is 0 Å². The summed E-state index contributed by atoms with van der Waals surface area (Å²) in [5, 5.41) is 25.7. The highest BCUT2D eigenvalue weighted by molar-refractivity contribution is 5.97. The van der Waals surface area contributed by atoms with Crippen LogP contribution in [0.1, 0.15) is 17.4 Å². The van der Waals surface area contributed by atoms with Crippen LogP contribution in [0.5, 0.6) is 5.88 Å². The second kappa shape index (κ2) is 8.62. The maximum absolute atomic E-state index is 12.5. The van der Waals surface area contributed by atoms with Gasteiger partial charge in [-0.25, -0.2) is 0 Å². The molecule has 0 fully saturated rings. The van der Waals surface area contributed by atoms with Gasteiger partial charge in [0.25, 0.3) is 0 Å². The molecule has 2 aromatic carbocycles. The summed E-state index contributed by atoms with van der Waals surface area (Å²) in [5.74, 6) is -1.42. The van der Waals surface area contributed by atoms with Gasteiger partial charge in [0.1, 0.15) is 12.2 Å². The number of nitrogens with zero attached hydrogens (tertiary/aromatic N) is 4. The molecule has 156 valence electrons. The molecule has 0 atom stereocenters. The van der Waals surface area contributed by atoms with Crippen LogP contribution in [0.3, 0.4) is 0 Å². The van der Waals surface area contributed by atoms with E-state index in [1.54, 1.807) is 37.3 Å². The number of aromatic nitrogens is 3. The van der Waals surface area contributed by atoms with E-state index in [9.17, 15) is 14.7 Å². The van der Waals surface area contributed by atoms with Crippen LogP contribution in [0.15, 0.2) is 70.9 Å². The third kappa shape index (κ3) is 4.06. The molecule has 0 spiro atoms. The Morgan fingerprint density at radius 3 is 2.65 bits per heavy atom. The van der Waals surface area contributed by atoms with E-state index in [1.807, 2.05) is 30.3 Å². The van der Waals surface area contributed by atoms with Crippen molar-refractivity contribution in [1.29, 1.82) is 0 Å². The number of aromatic hydroxyl groups is 1. The molecule has 0 saturated heterocycles. The average Bonchev–Trinajstić information content (AvgIpc) is 3.38. The van der Waals surface area contributed by atoms with Crippen LogP contribution in [0.2, 0.25) is 0 Å². The van der Waals surface area contributed by atoms with Gasteiger partial charge in [-0.05, 0) is 19.1 Å². The summed E-state index contributed by atoms with van der Waals surface area (Å²) >= 11 is 0. The number of H-pyrrole nitrogens is 1. The minimum atomic E-state index is -0.642. The third-order valence-corrected chi connectivity index (χ3v) is 4.63. The van der Waals surface area contributed by atoms with Crippen molar-refractivity contribution in [3.05, 3.63) is 66.4 Å². The van der Waals surface area contributed by atoms with Crippen molar-refractivity contribution < 1.29 is 19.4 Å². The highest BCUT2D eigenvalue weighted by Gasteiger charge is 2.19. The number of hydrogen-bond donors (Lipinski definition) is 2. The Morgan fingerprint density at radius 2 is 1.87 bits per heavy atom. The molecule has 9 nitrogen and oxygen atoms in total. The summed E-state index contributed by atoms with van der Waals surface area (Å²) in [6, 6.07) is 18.0. The number of aromatic amines is 1. The molecule has 0 unspecified atom stereocenters. The van der Waals surface area contributed by atoms with E-state index in [0.717, 1.165) is 5.56 Å². The fraction of sp³-hybridized carbons (Fsp3) is 0.136. The van der Waals surface area contributed by atoms with E-state index in [4.69, 9.17) is 4.74 Å². The molecular formula is C22H19N5O4. The third-order valence-electron chi connectivity index (χ3n) is 4.63. The van der Waals surface area contributed by atoms with Crippen LogP contribution >= 0.6 is 0 Å². The van der Waals surface area contributed by atoms with Crippen LogP contribution in [0.25, 0.3) is 22.2 Å². The van der Waals surface area contributed by atoms with Gasteiger partial charge in [-0.2, -0.15) is 5.10 Å². The summed E-state index contributed by atoms with van der Waals surface area (Å²) < 4.78 is 6.33. The number of benzene rings is 2. The number of carbonyl (C=O) groups excluding carboxylic acids is 2. The maximum atomic E-state index is 12.5. The first-order chi connectivity index (χ1) is 15.1. The molecular weight excluding hydrogens is 398 g/mol. The van der Waals surface area contributed by atoms with Crippen LogP contribution in [-0.4, -0.2) is 38.4 Å². The number of esters is 1. The number of amides is 1. The zero-order valence-electron chi connectivity index (χ0n) is 16.6. The summed E-state index contributed by atoms with van der Waals surface area (Å²) in [6.45, 7) is 1.75. The Balaban J connectivity index is 1.62. The van der Waals surface area contributed by atoms with Crippen molar-refractivity contribution in [3.8, 4) is 17.1 Å². The van der Waals surface area contributed by atoms with Gasteiger partial charge in [-0.1, -0.05) is 48.5 Å². The molecule has 0 aliphatic heterocycles. The Hall–Kier alpha value is -4.27. The number of carbonyl (C=O) groups is 2. The largest absolute Gasteiger partial charge is 0.493 e. The molecule has 31 heavy (non-hydrogen) atoms. The second-order valence-electron chi connectivity index (χ2n) is 6.62. The number of ether oxygens (including phenoxy) is 1. The van der Waals surface area contributed by atoms with Crippen molar-refractivity contribution in [2.45, 2.75) is 13.5 Å². The minimum absolute atomic E-state index is 0.0936. The van der Waals surface area contributed by atoms with Gasteiger partial charge >= 0.3 is 11.9 Å². The molecule has 0 aliphatic carbocycles. The number of fused-ring (bicyclic) bond motifs is 1. The van der Waals surface area contributed by atoms with Crippen molar-refractivity contribution in [2.75, 3.05) is 6.61 Å². The number of hydrogen-bond acceptors (Lipinski definition) is 6. The lowest BCUT2D eigenvalue weighted by Crippen LogP contribution is -2.12. The number of rotatable bonds is 6. The molecule has 0 radical (unpaired) electrons. The molecule has 9 heteroatoms. The van der Waals surface area contributed by atoms with Gasteiger partial charge in [0.2, 0.25) is 5.88 Å². The fourth-order valence-electron chi connectivity index (χ4n) is 3.20. The second-order valence-corrected chi connectivity index (χ2v) is 6.62. The molecule has 1 amide bonds. The fourth-order valence-corrected chi connectivity index (χ4v) is 3.20. The van der Waals surface area contributed by atoms with Crippen molar-refractivity contribution in [3.63, 3.8) is 0 Å².